The summed E-state index contributed by atoms with van der Waals surface area (Å²) >= 11 is 0. The van der Waals surface area contributed by atoms with Gasteiger partial charge in [-0.25, -0.2) is 4.98 Å². The van der Waals surface area contributed by atoms with Gasteiger partial charge in [-0.1, -0.05) is 26.0 Å². The molecule has 2 rings (SSSR count). The number of nitrogens with zero attached hydrogens (tertiary/aromatic N) is 1. The highest BCUT2D eigenvalue weighted by atomic mass is 16.5. The van der Waals surface area contributed by atoms with Crippen LogP contribution < -0.4 is 4.74 Å². The number of aliphatic hydroxyl groups excluding tert-OH is 1. The molecule has 0 spiro atoms. The summed E-state index contributed by atoms with van der Waals surface area (Å²) in [5.41, 5.74) is 4.05. The van der Waals surface area contributed by atoms with E-state index in [-0.39, 0.29) is 6.61 Å². The van der Waals surface area contributed by atoms with Crippen molar-refractivity contribution in [2.24, 2.45) is 0 Å². The lowest BCUT2D eigenvalue weighted by molar-refractivity contribution is 0.281. The molecule has 1 aromatic heterocycles. The van der Waals surface area contributed by atoms with Crippen molar-refractivity contribution in [2.75, 3.05) is 0 Å². The van der Waals surface area contributed by atoms with Crippen molar-refractivity contribution in [2.45, 2.75) is 40.2 Å². The molecule has 0 aliphatic carbocycles. The Balaban J connectivity index is 2.32. The summed E-state index contributed by atoms with van der Waals surface area (Å²) in [4.78, 5) is 4.28. The number of ether oxygens (including phenoxy) is 1. The minimum absolute atomic E-state index is 0.00399. The predicted octanol–water partition coefficient (Wildman–Crippen LogP) is 4.11. The van der Waals surface area contributed by atoms with E-state index in [4.69, 9.17) is 9.84 Å². The van der Waals surface area contributed by atoms with Crippen molar-refractivity contribution in [1.82, 2.24) is 4.98 Å². The number of aromatic nitrogens is 1. The first-order chi connectivity index (χ1) is 9.51. The molecule has 106 valence electrons. The standard InChI is InChI=1S/C17H21NO2/c1-11(2)15-6-5-12(3)16(8-15)20-17-13(4)7-14(10-19)9-18-17/h5-9,11,19H,10H2,1-4H3. The zero-order chi connectivity index (χ0) is 14.7. The van der Waals surface area contributed by atoms with Gasteiger partial charge < -0.3 is 9.84 Å². The summed E-state index contributed by atoms with van der Waals surface area (Å²) in [7, 11) is 0. The van der Waals surface area contributed by atoms with E-state index in [1.54, 1.807) is 6.20 Å². The maximum absolute atomic E-state index is 9.10. The van der Waals surface area contributed by atoms with E-state index in [0.29, 0.717) is 11.8 Å². The highest BCUT2D eigenvalue weighted by molar-refractivity contribution is 5.41. The van der Waals surface area contributed by atoms with E-state index in [1.807, 2.05) is 19.9 Å². The Bertz CT molecular complexity index is 606. The van der Waals surface area contributed by atoms with E-state index < -0.39 is 0 Å². The first-order valence-corrected chi connectivity index (χ1v) is 6.86. The number of pyridine rings is 1. The molecule has 0 atom stereocenters. The van der Waals surface area contributed by atoms with Crippen LogP contribution in [0.3, 0.4) is 0 Å². The van der Waals surface area contributed by atoms with Crippen LogP contribution in [0.5, 0.6) is 11.6 Å². The summed E-state index contributed by atoms with van der Waals surface area (Å²) in [6.45, 7) is 8.28. The molecule has 1 N–H and O–H groups in total. The summed E-state index contributed by atoms with van der Waals surface area (Å²) in [5.74, 6) is 1.89. The first-order valence-electron chi connectivity index (χ1n) is 6.86. The Morgan fingerprint density at radius 3 is 2.50 bits per heavy atom. The fraction of sp³-hybridized carbons (Fsp3) is 0.353. The van der Waals surface area contributed by atoms with Crippen LogP contribution in [0.4, 0.5) is 0 Å². The van der Waals surface area contributed by atoms with Crippen LogP contribution in [-0.4, -0.2) is 10.1 Å². The van der Waals surface area contributed by atoms with Crippen LogP contribution in [-0.2, 0) is 6.61 Å². The average molecular weight is 271 g/mol. The van der Waals surface area contributed by atoms with Gasteiger partial charge in [-0.15, -0.1) is 0 Å². The van der Waals surface area contributed by atoms with Gasteiger partial charge in [0.25, 0.3) is 0 Å². The van der Waals surface area contributed by atoms with E-state index >= 15 is 0 Å². The summed E-state index contributed by atoms with van der Waals surface area (Å²) in [5, 5.41) is 9.10. The normalized spacial score (nSPS) is 10.9. The highest BCUT2D eigenvalue weighted by Gasteiger charge is 2.09. The molecular weight excluding hydrogens is 250 g/mol. The van der Waals surface area contributed by atoms with Crippen LogP contribution in [0.15, 0.2) is 30.5 Å². The van der Waals surface area contributed by atoms with Gasteiger partial charge in [0.05, 0.1) is 6.61 Å². The van der Waals surface area contributed by atoms with Crippen molar-refractivity contribution in [3.63, 3.8) is 0 Å². The quantitative estimate of drug-likeness (QED) is 0.910. The second-order valence-electron chi connectivity index (χ2n) is 5.41. The molecule has 0 aliphatic heterocycles. The smallest absolute Gasteiger partial charge is 0.222 e. The summed E-state index contributed by atoms with van der Waals surface area (Å²) in [6.07, 6.45) is 1.64. The third-order valence-electron chi connectivity index (χ3n) is 3.35. The molecule has 0 unspecified atom stereocenters. The third-order valence-corrected chi connectivity index (χ3v) is 3.35. The molecule has 0 radical (unpaired) electrons. The van der Waals surface area contributed by atoms with Crippen molar-refractivity contribution in [1.29, 1.82) is 0 Å². The number of aliphatic hydroxyl groups is 1. The number of benzene rings is 1. The minimum Gasteiger partial charge on any atom is -0.438 e. The van der Waals surface area contributed by atoms with Gasteiger partial charge >= 0.3 is 0 Å². The second kappa shape index (κ2) is 6.06. The number of rotatable bonds is 4. The molecule has 1 aromatic carbocycles. The van der Waals surface area contributed by atoms with Gasteiger partial charge in [-0.3, -0.25) is 0 Å². The van der Waals surface area contributed by atoms with E-state index in [1.165, 1.54) is 5.56 Å². The Morgan fingerprint density at radius 2 is 1.90 bits per heavy atom. The maximum Gasteiger partial charge on any atom is 0.222 e. The molecule has 0 fully saturated rings. The minimum atomic E-state index is -0.00399. The monoisotopic (exact) mass is 271 g/mol. The lowest BCUT2D eigenvalue weighted by Crippen LogP contribution is -1.97. The predicted molar refractivity (Wildman–Crippen MR) is 80.2 cm³/mol. The van der Waals surface area contributed by atoms with E-state index in [0.717, 1.165) is 22.4 Å². The maximum atomic E-state index is 9.10. The molecule has 0 amide bonds. The van der Waals surface area contributed by atoms with Crippen molar-refractivity contribution in [3.05, 3.63) is 52.7 Å². The SMILES string of the molecule is Cc1ccc(C(C)C)cc1Oc1ncc(CO)cc1C. The molecule has 3 nitrogen and oxygen atoms in total. The van der Waals surface area contributed by atoms with Gasteiger partial charge in [0, 0.05) is 11.8 Å². The van der Waals surface area contributed by atoms with Gasteiger partial charge in [-0.05, 0) is 48.6 Å². The molecule has 0 saturated carbocycles. The summed E-state index contributed by atoms with van der Waals surface area (Å²) in [6, 6.07) is 8.16. The fourth-order valence-electron chi connectivity index (χ4n) is 2.00. The topological polar surface area (TPSA) is 42.4 Å². The number of hydrogen-bond acceptors (Lipinski definition) is 3. The molecule has 0 bridgehead atoms. The second-order valence-corrected chi connectivity index (χ2v) is 5.41. The Kier molecular flexibility index (Phi) is 4.40. The third kappa shape index (κ3) is 3.17. The van der Waals surface area contributed by atoms with E-state index in [9.17, 15) is 0 Å². The van der Waals surface area contributed by atoms with Crippen LogP contribution in [0, 0.1) is 13.8 Å². The van der Waals surface area contributed by atoms with Crippen molar-refractivity contribution in [3.8, 4) is 11.6 Å². The van der Waals surface area contributed by atoms with Crippen LogP contribution >= 0.6 is 0 Å². The lowest BCUT2D eigenvalue weighted by atomic mass is 10.0. The van der Waals surface area contributed by atoms with Gasteiger partial charge in [0.1, 0.15) is 5.75 Å². The van der Waals surface area contributed by atoms with Gasteiger partial charge in [-0.2, -0.15) is 0 Å². The van der Waals surface area contributed by atoms with Crippen molar-refractivity contribution >= 4 is 0 Å². The molecule has 3 heteroatoms. The molecular formula is C17H21NO2. The van der Waals surface area contributed by atoms with Gasteiger partial charge in [0.15, 0.2) is 0 Å². The zero-order valence-electron chi connectivity index (χ0n) is 12.5. The lowest BCUT2D eigenvalue weighted by Gasteiger charge is -2.13. The summed E-state index contributed by atoms with van der Waals surface area (Å²) < 4.78 is 5.94. The Morgan fingerprint density at radius 1 is 1.15 bits per heavy atom. The Labute approximate surface area is 120 Å². The average Bonchev–Trinajstić information content (AvgIpc) is 2.42. The molecule has 1 heterocycles. The van der Waals surface area contributed by atoms with Gasteiger partial charge in [0.2, 0.25) is 5.88 Å². The van der Waals surface area contributed by atoms with E-state index in [2.05, 4.69) is 37.0 Å². The number of aryl methyl sites for hydroxylation is 2. The largest absolute Gasteiger partial charge is 0.438 e. The molecule has 20 heavy (non-hydrogen) atoms. The van der Waals surface area contributed by atoms with Crippen LogP contribution in [0.2, 0.25) is 0 Å². The highest BCUT2D eigenvalue weighted by Crippen LogP contribution is 2.29. The molecule has 2 aromatic rings. The molecule has 0 saturated heterocycles. The number of hydrogen-bond donors (Lipinski definition) is 1. The van der Waals surface area contributed by atoms with Crippen molar-refractivity contribution < 1.29 is 9.84 Å². The fourth-order valence-corrected chi connectivity index (χ4v) is 2.00. The van der Waals surface area contributed by atoms with Crippen LogP contribution in [0.25, 0.3) is 0 Å². The molecule has 0 aliphatic rings. The zero-order valence-corrected chi connectivity index (χ0v) is 12.5. The Hall–Kier alpha value is -1.87. The van der Waals surface area contributed by atoms with Crippen LogP contribution in [0.1, 0.15) is 42.0 Å². The first kappa shape index (κ1) is 14.5.